The molecule has 1 amide bonds. The predicted octanol–water partition coefficient (Wildman–Crippen LogP) is 6.18. The third-order valence-corrected chi connectivity index (χ3v) is 9.63. The van der Waals surface area contributed by atoms with Crippen LogP contribution < -0.4 is 9.64 Å². The Morgan fingerprint density at radius 1 is 0.974 bits per heavy atom. The highest BCUT2D eigenvalue weighted by Crippen LogP contribution is 2.39. The van der Waals surface area contributed by atoms with Gasteiger partial charge in [-0.25, -0.2) is 13.4 Å². The molecular weight excluding hydrogens is 579 g/mol. The van der Waals surface area contributed by atoms with Crippen LogP contribution in [-0.4, -0.2) is 75.9 Å². The number of rotatable bonds is 14. The molecule has 0 unspecified atom stereocenters. The molecule has 0 atom stereocenters. The van der Waals surface area contributed by atoms with Crippen molar-refractivity contribution in [2.45, 2.75) is 44.4 Å². The van der Waals surface area contributed by atoms with Gasteiger partial charge in [0.25, 0.3) is 5.91 Å². The normalized spacial score (nSPS) is 11.7. The van der Waals surface area contributed by atoms with Crippen LogP contribution in [0.4, 0.5) is 5.13 Å². The van der Waals surface area contributed by atoms with Crippen molar-refractivity contribution in [3.63, 3.8) is 0 Å². The van der Waals surface area contributed by atoms with Crippen LogP contribution in [0.3, 0.4) is 0 Å². The lowest BCUT2D eigenvalue weighted by Gasteiger charge is -2.23. The highest BCUT2D eigenvalue weighted by Gasteiger charge is 2.26. The van der Waals surface area contributed by atoms with E-state index in [4.69, 9.17) is 21.3 Å². The lowest BCUT2D eigenvalue weighted by atomic mass is 10.2. The molecule has 0 aliphatic carbocycles. The number of halogens is 2. The number of carbonyl (C=O) groups excluding carboxylic acids is 1. The van der Waals surface area contributed by atoms with E-state index in [0.29, 0.717) is 53.2 Å². The maximum Gasteiger partial charge on any atom is 0.260 e. The van der Waals surface area contributed by atoms with Crippen molar-refractivity contribution in [1.82, 2.24) is 14.2 Å². The standard InChI is InChI=1S/C27H37ClN4O4S2.ClH/c1-6-8-16-31(17-9-7-2)38(34,35)21-12-10-20(11-13-21)26(33)32(19-18-30(3)4)27-29-24-23(36-5)15-14-22(28)25(24)37-27;/h10-15H,6-9,16-19H2,1-5H3;1H. The van der Waals surface area contributed by atoms with Crippen LogP contribution >= 0.6 is 35.3 Å². The van der Waals surface area contributed by atoms with Crippen molar-refractivity contribution in [2.75, 3.05) is 52.3 Å². The Hall–Kier alpha value is -1.95. The smallest absolute Gasteiger partial charge is 0.260 e. The summed E-state index contributed by atoms with van der Waals surface area (Å²) in [7, 11) is 1.79. The van der Waals surface area contributed by atoms with Crippen molar-refractivity contribution in [3.8, 4) is 5.75 Å². The number of hydrogen-bond donors (Lipinski definition) is 0. The summed E-state index contributed by atoms with van der Waals surface area (Å²) in [6.07, 6.45) is 3.43. The van der Waals surface area contributed by atoms with Gasteiger partial charge < -0.3 is 9.64 Å². The first-order chi connectivity index (χ1) is 18.1. The van der Waals surface area contributed by atoms with Crippen molar-refractivity contribution < 1.29 is 17.9 Å². The number of aromatic nitrogens is 1. The first-order valence-corrected chi connectivity index (χ1v) is 15.5. The Labute approximate surface area is 247 Å². The van der Waals surface area contributed by atoms with Gasteiger partial charge in [-0.05, 0) is 63.3 Å². The molecule has 0 N–H and O–H groups in total. The predicted molar refractivity (Wildman–Crippen MR) is 164 cm³/mol. The van der Waals surface area contributed by atoms with Crippen LogP contribution in [0.2, 0.25) is 5.02 Å². The molecule has 216 valence electrons. The molecule has 8 nitrogen and oxygen atoms in total. The molecule has 0 aliphatic heterocycles. The fraction of sp³-hybridized carbons (Fsp3) is 0.481. The van der Waals surface area contributed by atoms with E-state index in [2.05, 4.69) is 0 Å². The summed E-state index contributed by atoms with van der Waals surface area (Å²) < 4.78 is 34.4. The van der Waals surface area contributed by atoms with E-state index in [1.54, 1.807) is 40.6 Å². The molecule has 0 saturated heterocycles. The molecule has 0 aliphatic rings. The molecule has 12 heteroatoms. The number of nitrogens with zero attached hydrogens (tertiary/aromatic N) is 4. The maximum absolute atomic E-state index is 13.7. The number of amides is 1. The summed E-state index contributed by atoms with van der Waals surface area (Å²) in [6.45, 7) is 6.07. The fourth-order valence-corrected chi connectivity index (χ4v) is 6.70. The minimum atomic E-state index is -3.65. The average molecular weight is 618 g/mol. The quantitative estimate of drug-likeness (QED) is 0.215. The van der Waals surface area contributed by atoms with Gasteiger partial charge in [-0.2, -0.15) is 4.31 Å². The second kappa shape index (κ2) is 15.2. The maximum atomic E-state index is 13.7. The lowest BCUT2D eigenvalue weighted by molar-refractivity contribution is 0.0985. The van der Waals surface area contributed by atoms with E-state index in [1.165, 1.54) is 23.5 Å². The number of thiazole rings is 1. The molecule has 1 heterocycles. The number of methoxy groups -OCH3 is 1. The summed E-state index contributed by atoms with van der Waals surface area (Å²) in [5.74, 6) is 0.316. The monoisotopic (exact) mass is 616 g/mol. The lowest BCUT2D eigenvalue weighted by Crippen LogP contribution is -2.37. The summed E-state index contributed by atoms with van der Waals surface area (Å²) in [4.78, 5) is 22.2. The molecule has 3 rings (SSSR count). The Morgan fingerprint density at radius 3 is 2.13 bits per heavy atom. The zero-order chi connectivity index (χ0) is 27.9. The van der Waals surface area contributed by atoms with Gasteiger partial charge in [0.2, 0.25) is 10.0 Å². The van der Waals surface area contributed by atoms with E-state index in [-0.39, 0.29) is 23.2 Å². The fourth-order valence-electron chi connectivity index (χ4n) is 3.90. The molecule has 1 aromatic heterocycles. The van der Waals surface area contributed by atoms with Crippen molar-refractivity contribution in [3.05, 3.63) is 47.0 Å². The summed E-state index contributed by atoms with van der Waals surface area (Å²) in [5.41, 5.74) is 0.983. The number of sulfonamides is 1. The number of benzene rings is 2. The first kappa shape index (κ1) is 33.3. The molecule has 0 saturated carbocycles. The number of hydrogen-bond acceptors (Lipinski definition) is 7. The van der Waals surface area contributed by atoms with Crippen LogP contribution in [0.5, 0.6) is 5.75 Å². The second-order valence-electron chi connectivity index (χ2n) is 9.32. The van der Waals surface area contributed by atoms with Crippen LogP contribution in [-0.2, 0) is 10.0 Å². The van der Waals surface area contributed by atoms with Gasteiger partial charge >= 0.3 is 0 Å². The Morgan fingerprint density at radius 2 is 1.59 bits per heavy atom. The number of unbranched alkanes of at least 4 members (excludes halogenated alkanes) is 2. The van der Waals surface area contributed by atoms with Gasteiger partial charge in [-0.1, -0.05) is 49.6 Å². The summed E-state index contributed by atoms with van der Waals surface area (Å²) in [6, 6.07) is 9.71. The summed E-state index contributed by atoms with van der Waals surface area (Å²) >= 11 is 7.74. The van der Waals surface area contributed by atoms with Gasteiger partial charge in [0.1, 0.15) is 11.3 Å². The topological polar surface area (TPSA) is 83.1 Å². The first-order valence-electron chi connectivity index (χ1n) is 12.8. The zero-order valence-corrected chi connectivity index (χ0v) is 26.4. The number of likely N-dealkylation sites (N-methyl/N-ethyl adjacent to an activating group) is 1. The van der Waals surface area contributed by atoms with E-state index >= 15 is 0 Å². The molecule has 0 spiro atoms. The number of fused-ring (bicyclic) bond motifs is 1. The van der Waals surface area contributed by atoms with Crippen molar-refractivity contribution >= 4 is 66.6 Å². The van der Waals surface area contributed by atoms with Gasteiger partial charge in [0.15, 0.2) is 5.13 Å². The SMILES string of the molecule is CCCCN(CCCC)S(=O)(=O)c1ccc(C(=O)N(CCN(C)C)c2nc3c(OC)ccc(Cl)c3s2)cc1.Cl. The van der Waals surface area contributed by atoms with Gasteiger partial charge in [0, 0.05) is 31.7 Å². The van der Waals surface area contributed by atoms with E-state index in [1.807, 2.05) is 32.8 Å². The minimum Gasteiger partial charge on any atom is -0.494 e. The third kappa shape index (κ3) is 8.05. The number of anilines is 1. The van der Waals surface area contributed by atoms with Crippen LogP contribution in [0.25, 0.3) is 10.2 Å². The van der Waals surface area contributed by atoms with E-state index in [0.717, 1.165) is 30.4 Å². The summed E-state index contributed by atoms with van der Waals surface area (Å²) in [5, 5.41) is 1.04. The highest BCUT2D eigenvalue weighted by molar-refractivity contribution is 7.89. The van der Waals surface area contributed by atoms with Gasteiger partial charge in [0.05, 0.1) is 21.7 Å². The van der Waals surface area contributed by atoms with E-state index < -0.39 is 10.0 Å². The molecular formula is C27H38Cl2N4O4S2. The third-order valence-electron chi connectivity index (χ3n) is 6.18. The second-order valence-corrected chi connectivity index (χ2v) is 12.6. The van der Waals surface area contributed by atoms with Crippen LogP contribution in [0, 0.1) is 0 Å². The van der Waals surface area contributed by atoms with Crippen LogP contribution in [0.15, 0.2) is 41.3 Å². The van der Waals surface area contributed by atoms with Gasteiger partial charge in [-0.15, -0.1) is 12.4 Å². The Balaban J connectivity index is 0.00000533. The molecule has 0 radical (unpaired) electrons. The largest absolute Gasteiger partial charge is 0.494 e. The molecule has 0 fully saturated rings. The van der Waals surface area contributed by atoms with Crippen molar-refractivity contribution in [1.29, 1.82) is 0 Å². The molecule has 2 aromatic carbocycles. The van der Waals surface area contributed by atoms with Crippen LogP contribution in [0.1, 0.15) is 49.9 Å². The van der Waals surface area contributed by atoms with E-state index in [9.17, 15) is 13.2 Å². The highest BCUT2D eigenvalue weighted by atomic mass is 35.5. The Kier molecular flexibility index (Phi) is 12.9. The average Bonchev–Trinajstić information content (AvgIpc) is 3.35. The molecule has 0 bridgehead atoms. The number of ether oxygens (including phenoxy) is 1. The minimum absolute atomic E-state index is 0. The Bertz CT molecular complexity index is 1320. The zero-order valence-electron chi connectivity index (χ0n) is 23.1. The van der Waals surface area contributed by atoms with Crippen molar-refractivity contribution in [2.24, 2.45) is 0 Å². The van der Waals surface area contributed by atoms with Gasteiger partial charge in [-0.3, -0.25) is 9.69 Å². The number of carbonyl (C=O) groups is 1. The molecule has 3 aromatic rings. The molecule has 39 heavy (non-hydrogen) atoms.